The molecule has 0 radical (unpaired) electrons. The average Bonchev–Trinajstić information content (AvgIpc) is 3.64. The lowest BCUT2D eigenvalue weighted by Crippen LogP contribution is -2.61. The number of nitrogens with one attached hydrogen (secondary N) is 4. The summed E-state index contributed by atoms with van der Waals surface area (Å²) in [7, 11) is 0. The average molecular weight is 767 g/mol. The van der Waals surface area contributed by atoms with Crippen LogP contribution in [0.25, 0.3) is 0 Å². The summed E-state index contributed by atoms with van der Waals surface area (Å²) in [6.45, 7) is 3.83. The zero-order valence-electron chi connectivity index (χ0n) is 30.8. The molecule has 5 amide bonds. The number of aromatic hydroxyl groups is 1. The van der Waals surface area contributed by atoms with E-state index in [9.17, 15) is 48.6 Å². The van der Waals surface area contributed by atoms with E-state index in [2.05, 4.69) is 21.3 Å². The third-order valence-electron chi connectivity index (χ3n) is 9.45. The number of benzene rings is 2. The molecule has 0 aromatic heterocycles. The molecule has 1 saturated heterocycles. The van der Waals surface area contributed by atoms with Crippen molar-refractivity contribution in [3.8, 4) is 5.75 Å². The van der Waals surface area contributed by atoms with E-state index in [0.29, 0.717) is 43.2 Å². The van der Waals surface area contributed by atoms with E-state index in [1.165, 1.54) is 17.0 Å². The molecule has 17 nitrogen and oxygen atoms in total. The summed E-state index contributed by atoms with van der Waals surface area (Å²) in [6, 6.07) is 7.18. The minimum atomic E-state index is -1.55. The Morgan fingerprint density at radius 2 is 1.38 bits per heavy atom. The predicted octanol–water partition coefficient (Wildman–Crippen LogP) is 0.0194. The maximum absolute atomic E-state index is 14.1. The van der Waals surface area contributed by atoms with Gasteiger partial charge < -0.3 is 52.0 Å². The minimum Gasteiger partial charge on any atom is -0.508 e. The summed E-state index contributed by atoms with van der Waals surface area (Å²) in [5, 5.41) is 38.4. The molecule has 3 rings (SSSR count). The summed E-state index contributed by atoms with van der Waals surface area (Å²) in [6.07, 6.45) is 0.371. The van der Waals surface area contributed by atoms with Crippen LogP contribution in [0.2, 0.25) is 0 Å². The van der Waals surface area contributed by atoms with Crippen LogP contribution in [-0.4, -0.2) is 111 Å². The first-order valence-corrected chi connectivity index (χ1v) is 18.1. The van der Waals surface area contributed by atoms with Crippen molar-refractivity contribution in [3.05, 3.63) is 65.7 Å². The van der Waals surface area contributed by atoms with Gasteiger partial charge in [0.1, 0.15) is 36.2 Å². The molecule has 0 aliphatic carbocycles. The van der Waals surface area contributed by atoms with E-state index in [1.54, 1.807) is 56.3 Å². The van der Waals surface area contributed by atoms with Gasteiger partial charge in [0.15, 0.2) is 0 Å². The molecule has 1 aliphatic heterocycles. The lowest BCUT2D eigenvalue weighted by molar-refractivity contribution is -0.140. The molecule has 17 heteroatoms. The first-order valence-electron chi connectivity index (χ1n) is 18.1. The lowest BCUT2D eigenvalue weighted by Gasteiger charge is -2.31. The van der Waals surface area contributed by atoms with Crippen molar-refractivity contribution in [2.75, 3.05) is 6.54 Å². The normalized spacial score (nSPS) is 17.0. The van der Waals surface area contributed by atoms with E-state index < -0.39 is 103 Å². The van der Waals surface area contributed by atoms with Gasteiger partial charge in [0.25, 0.3) is 0 Å². The first kappa shape index (κ1) is 43.6. The number of hydrogen-bond acceptors (Lipinski definition) is 10. The van der Waals surface area contributed by atoms with Crippen molar-refractivity contribution in [1.29, 1.82) is 0 Å². The number of aliphatic carboxylic acids is 2. The monoisotopic (exact) mass is 766 g/mol. The standard InChI is InChI=1S/C38H50N6O11/c1-3-22(2)33(37(54)42-30(19-24-11-13-26(46)14-12-24)38(55)44-17-7-10-25(44)21-45)43-36(53)29(18-23-8-5-4-6-9-23)41-35(52)28(15-16-31(47)48)40-34(51)27(39)20-32(49)50/h4-6,8-9,11-14,21-22,25,27-30,33,46H,3,7,10,15-20,39H2,1-2H3,(H,40,51)(H,41,52)(H,42,54)(H,43,53)(H,47,48)(H,49,50)/t22-,25-,27-,28-,29-,30-,33-/m0/s1. The molecule has 7 atom stereocenters. The van der Waals surface area contributed by atoms with E-state index >= 15 is 0 Å². The second-order valence-electron chi connectivity index (χ2n) is 13.6. The summed E-state index contributed by atoms with van der Waals surface area (Å²) in [4.78, 5) is 104. The Morgan fingerprint density at radius 3 is 1.98 bits per heavy atom. The van der Waals surface area contributed by atoms with Gasteiger partial charge in [0.05, 0.1) is 18.5 Å². The zero-order valence-corrected chi connectivity index (χ0v) is 30.8. The number of nitrogens with two attached hydrogens (primary N) is 1. The van der Waals surface area contributed by atoms with Crippen LogP contribution in [0.1, 0.15) is 63.5 Å². The third-order valence-corrected chi connectivity index (χ3v) is 9.45. The number of carboxylic acids is 2. The van der Waals surface area contributed by atoms with Crippen LogP contribution in [0.3, 0.4) is 0 Å². The van der Waals surface area contributed by atoms with Crippen LogP contribution in [0.4, 0.5) is 0 Å². The van der Waals surface area contributed by atoms with Gasteiger partial charge >= 0.3 is 11.9 Å². The third kappa shape index (κ3) is 13.5. The fourth-order valence-corrected chi connectivity index (χ4v) is 6.12. The molecule has 0 unspecified atom stereocenters. The lowest BCUT2D eigenvalue weighted by atomic mass is 9.96. The number of phenolic OH excluding ortho intramolecular Hbond substituents is 1. The van der Waals surface area contributed by atoms with E-state index in [-0.39, 0.29) is 18.6 Å². The number of amides is 5. The number of carbonyl (C=O) groups excluding carboxylic acids is 6. The molecule has 55 heavy (non-hydrogen) atoms. The highest BCUT2D eigenvalue weighted by molar-refractivity contribution is 5.97. The molecule has 0 bridgehead atoms. The van der Waals surface area contributed by atoms with Crippen molar-refractivity contribution in [2.45, 2.75) is 101 Å². The fourth-order valence-electron chi connectivity index (χ4n) is 6.12. The fraction of sp³-hybridized carbons (Fsp3) is 0.474. The van der Waals surface area contributed by atoms with Crippen molar-refractivity contribution in [3.63, 3.8) is 0 Å². The summed E-state index contributed by atoms with van der Waals surface area (Å²) >= 11 is 0. The molecule has 0 saturated carbocycles. The van der Waals surface area contributed by atoms with Crippen LogP contribution < -0.4 is 27.0 Å². The smallest absolute Gasteiger partial charge is 0.305 e. The van der Waals surface area contributed by atoms with Gasteiger partial charge in [0.2, 0.25) is 29.5 Å². The Kier molecular flexibility index (Phi) is 16.8. The van der Waals surface area contributed by atoms with E-state index in [4.69, 9.17) is 10.8 Å². The second-order valence-corrected chi connectivity index (χ2v) is 13.6. The molecule has 9 N–H and O–H groups in total. The van der Waals surface area contributed by atoms with Gasteiger partial charge in [-0.3, -0.25) is 33.6 Å². The maximum Gasteiger partial charge on any atom is 0.305 e. The highest BCUT2D eigenvalue weighted by Crippen LogP contribution is 2.20. The highest BCUT2D eigenvalue weighted by Gasteiger charge is 2.37. The second kappa shape index (κ2) is 21.2. The molecular weight excluding hydrogens is 716 g/mol. The summed E-state index contributed by atoms with van der Waals surface area (Å²) in [5.74, 6) is -7.10. The number of nitrogens with zero attached hydrogens (tertiary/aromatic N) is 1. The first-order chi connectivity index (χ1) is 26.1. The largest absolute Gasteiger partial charge is 0.508 e. The van der Waals surface area contributed by atoms with E-state index in [0.717, 1.165) is 0 Å². The molecule has 2 aromatic rings. The quantitative estimate of drug-likeness (QED) is 0.0782. The van der Waals surface area contributed by atoms with Gasteiger partial charge in [-0.1, -0.05) is 62.7 Å². The number of rotatable bonds is 21. The van der Waals surface area contributed by atoms with Gasteiger partial charge in [-0.15, -0.1) is 0 Å². The van der Waals surface area contributed by atoms with Crippen molar-refractivity contribution < 1.29 is 53.7 Å². The predicted molar refractivity (Wildman–Crippen MR) is 197 cm³/mol. The molecule has 1 heterocycles. The Bertz CT molecular complexity index is 1670. The molecule has 2 aromatic carbocycles. The Morgan fingerprint density at radius 1 is 0.800 bits per heavy atom. The van der Waals surface area contributed by atoms with Gasteiger partial charge in [0, 0.05) is 25.8 Å². The van der Waals surface area contributed by atoms with Gasteiger partial charge in [-0.2, -0.15) is 0 Å². The van der Waals surface area contributed by atoms with Crippen LogP contribution in [-0.2, 0) is 51.2 Å². The van der Waals surface area contributed by atoms with Gasteiger partial charge in [-0.05, 0) is 48.4 Å². The maximum atomic E-state index is 14.1. The SMILES string of the molecule is CC[C@H](C)[C@H](NC(=O)[C@H](Cc1ccccc1)NC(=O)[C@H](CCC(=O)O)NC(=O)[C@@H](N)CC(=O)O)C(=O)N[C@@H](Cc1ccc(O)cc1)C(=O)N1CCC[C@H]1C=O. The number of aldehydes is 1. The van der Waals surface area contributed by atoms with Crippen molar-refractivity contribution in [1.82, 2.24) is 26.2 Å². The number of carbonyl (C=O) groups is 8. The number of carboxylic acid groups (broad SMARTS) is 2. The molecule has 0 spiro atoms. The molecule has 298 valence electrons. The number of phenols is 1. The van der Waals surface area contributed by atoms with Crippen LogP contribution in [0, 0.1) is 5.92 Å². The number of likely N-dealkylation sites (tertiary alicyclic amines) is 1. The number of hydrogen-bond donors (Lipinski definition) is 8. The molecule has 1 fully saturated rings. The zero-order chi connectivity index (χ0) is 40.7. The van der Waals surface area contributed by atoms with E-state index in [1.807, 2.05) is 0 Å². The van der Waals surface area contributed by atoms with Gasteiger partial charge in [-0.25, -0.2) is 0 Å². The summed E-state index contributed by atoms with van der Waals surface area (Å²) < 4.78 is 0. The van der Waals surface area contributed by atoms with Crippen LogP contribution >= 0.6 is 0 Å². The Hall–Kier alpha value is -5.84. The van der Waals surface area contributed by atoms with Crippen LogP contribution in [0.5, 0.6) is 5.75 Å². The minimum absolute atomic E-state index is 0.00488. The molecular formula is C38H50N6O11. The topological polar surface area (TPSA) is 275 Å². The Labute approximate surface area is 318 Å². The van der Waals surface area contributed by atoms with Crippen molar-refractivity contribution in [2.24, 2.45) is 11.7 Å². The molecule has 1 aliphatic rings. The van der Waals surface area contributed by atoms with Crippen molar-refractivity contribution >= 4 is 47.8 Å². The Balaban J connectivity index is 1.90. The van der Waals surface area contributed by atoms with Crippen LogP contribution in [0.15, 0.2) is 54.6 Å². The summed E-state index contributed by atoms with van der Waals surface area (Å²) in [5.41, 5.74) is 6.88. The highest BCUT2D eigenvalue weighted by atomic mass is 16.4.